The zero-order chi connectivity index (χ0) is 18.0. The van der Waals surface area contributed by atoms with Gasteiger partial charge in [-0.2, -0.15) is 0 Å². The van der Waals surface area contributed by atoms with Crippen molar-refractivity contribution >= 4 is 21.6 Å². The van der Waals surface area contributed by atoms with Crippen LogP contribution in [0.25, 0.3) is 0 Å². The van der Waals surface area contributed by atoms with Gasteiger partial charge in [0.15, 0.2) is 0 Å². The van der Waals surface area contributed by atoms with Gasteiger partial charge < -0.3 is 9.64 Å². The highest BCUT2D eigenvalue weighted by molar-refractivity contribution is 7.92. The van der Waals surface area contributed by atoms with E-state index in [0.29, 0.717) is 24.3 Å². The van der Waals surface area contributed by atoms with Gasteiger partial charge >= 0.3 is 0 Å². The Morgan fingerprint density at radius 2 is 1.80 bits per heavy atom. The Hall–Kier alpha value is -2.54. The summed E-state index contributed by atoms with van der Waals surface area (Å²) < 4.78 is 33.3. The number of anilines is 1. The van der Waals surface area contributed by atoms with Gasteiger partial charge in [0.1, 0.15) is 10.6 Å². The van der Waals surface area contributed by atoms with E-state index in [1.54, 1.807) is 23.1 Å². The van der Waals surface area contributed by atoms with E-state index in [2.05, 4.69) is 4.72 Å². The van der Waals surface area contributed by atoms with Crippen LogP contribution in [0.1, 0.15) is 22.3 Å². The van der Waals surface area contributed by atoms with Crippen LogP contribution < -0.4 is 9.46 Å². The maximum absolute atomic E-state index is 12.8. The summed E-state index contributed by atoms with van der Waals surface area (Å²) in [6.07, 6.45) is 0.974. The van der Waals surface area contributed by atoms with Gasteiger partial charge in [-0.1, -0.05) is 17.7 Å². The Labute approximate surface area is 147 Å². The Bertz CT molecular complexity index is 888. The number of benzene rings is 2. The van der Waals surface area contributed by atoms with E-state index < -0.39 is 10.0 Å². The molecule has 0 atom stereocenters. The van der Waals surface area contributed by atoms with Crippen LogP contribution in [-0.4, -0.2) is 39.4 Å². The topological polar surface area (TPSA) is 75.7 Å². The average molecular weight is 360 g/mol. The third-order valence-electron chi connectivity index (χ3n) is 4.15. The minimum absolute atomic E-state index is 0.0538. The van der Waals surface area contributed by atoms with Crippen molar-refractivity contribution in [3.63, 3.8) is 0 Å². The first-order valence-electron chi connectivity index (χ1n) is 7.97. The van der Waals surface area contributed by atoms with E-state index in [9.17, 15) is 13.2 Å². The molecular formula is C18H20N2O4S. The number of ether oxygens (including phenoxy) is 1. The standard InChI is InChI=1S/C18H20N2O4S/c1-13-4-7-15(8-5-13)19-25(22,23)17-12-14(6-9-16(17)24-2)18(21)20-10-3-11-20/h4-9,12,19H,3,10-11H2,1-2H3. The summed E-state index contributed by atoms with van der Waals surface area (Å²) in [5, 5.41) is 0. The molecule has 1 heterocycles. The maximum Gasteiger partial charge on any atom is 0.265 e. The number of methoxy groups -OCH3 is 1. The molecule has 1 aliphatic rings. The highest BCUT2D eigenvalue weighted by Crippen LogP contribution is 2.28. The first-order chi connectivity index (χ1) is 11.9. The number of nitrogens with one attached hydrogen (secondary N) is 1. The van der Waals surface area contributed by atoms with Gasteiger partial charge in [0.05, 0.1) is 7.11 Å². The third-order valence-corrected chi connectivity index (χ3v) is 5.55. The number of aryl methyl sites for hydroxylation is 1. The lowest BCUT2D eigenvalue weighted by atomic mass is 10.1. The minimum Gasteiger partial charge on any atom is -0.495 e. The summed E-state index contributed by atoms with van der Waals surface area (Å²) in [6, 6.07) is 11.5. The van der Waals surface area contributed by atoms with Gasteiger partial charge in [0.2, 0.25) is 0 Å². The molecule has 0 spiro atoms. The summed E-state index contributed by atoms with van der Waals surface area (Å²) in [7, 11) is -2.49. The Morgan fingerprint density at radius 3 is 2.36 bits per heavy atom. The Balaban J connectivity index is 1.95. The van der Waals surface area contributed by atoms with Gasteiger partial charge in [-0.3, -0.25) is 9.52 Å². The van der Waals surface area contributed by atoms with E-state index in [1.807, 2.05) is 19.1 Å². The molecule has 1 saturated heterocycles. The molecule has 1 amide bonds. The maximum atomic E-state index is 12.8. The number of hydrogen-bond acceptors (Lipinski definition) is 4. The van der Waals surface area contributed by atoms with Crippen molar-refractivity contribution < 1.29 is 17.9 Å². The number of rotatable bonds is 5. The second-order valence-corrected chi connectivity index (χ2v) is 7.63. The van der Waals surface area contributed by atoms with Crippen molar-refractivity contribution in [2.45, 2.75) is 18.2 Å². The molecule has 25 heavy (non-hydrogen) atoms. The van der Waals surface area contributed by atoms with E-state index in [1.165, 1.54) is 19.2 Å². The number of likely N-dealkylation sites (tertiary alicyclic amines) is 1. The smallest absolute Gasteiger partial charge is 0.265 e. The number of carbonyl (C=O) groups excluding carboxylic acids is 1. The summed E-state index contributed by atoms with van der Waals surface area (Å²) in [4.78, 5) is 14.0. The molecule has 6 nitrogen and oxygen atoms in total. The number of hydrogen-bond donors (Lipinski definition) is 1. The molecule has 1 aliphatic heterocycles. The van der Waals surface area contributed by atoms with Crippen molar-refractivity contribution in [2.24, 2.45) is 0 Å². The zero-order valence-corrected chi connectivity index (χ0v) is 15.0. The van der Waals surface area contributed by atoms with E-state index in [4.69, 9.17) is 4.74 Å². The third kappa shape index (κ3) is 3.61. The normalized spacial score (nSPS) is 13.9. The van der Waals surface area contributed by atoms with Crippen LogP contribution in [0.15, 0.2) is 47.4 Å². The zero-order valence-electron chi connectivity index (χ0n) is 14.2. The number of carbonyl (C=O) groups is 1. The largest absolute Gasteiger partial charge is 0.495 e. The van der Waals surface area contributed by atoms with Gasteiger partial charge in [-0.05, 0) is 43.7 Å². The Morgan fingerprint density at radius 1 is 1.12 bits per heavy atom. The molecule has 3 rings (SSSR count). The highest BCUT2D eigenvalue weighted by atomic mass is 32.2. The quantitative estimate of drug-likeness (QED) is 0.889. The lowest BCUT2D eigenvalue weighted by Crippen LogP contribution is -2.42. The predicted molar refractivity (Wildman–Crippen MR) is 95.5 cm³/mol. The van der Waals surface area contributed by atoms with Crippen molar-refractivity contribution in [1.82, 2.24) is 4.90 Å². The van der Waals surface area contributed by atoms with Gasteiger partial charge in [-0.15, -0.1) is 0 Å². The van der Waals surface area contributed by atoms with E-state index in [-0.39, 0.29) is 16.6 Å². The van der Waals surface area contributed by atoms with Crippen LogP contribution in [0.3, 0.4) is 0 Å². The summed E-state index contributed by atoms with van der Waals surface area (Å²) in [5.41, 5.74) is 1.82. The van der Waals surface area contributed by atoms with Gasteiger partial charge in [0.25, 0.3) is 15.9 Å². The number of amides is 1. The predicted octanol–water partition coefficient (Wildman–Crippen LogP) is 2.65. The SMILES string of the molecule is COc1ccc(C(=O)N2CCC2)cc1S(=O)(=O)Nc1ccc(C)cc1. The van der Waals surface area contributed by atoms with Crippen LogP contribution in [0.4, 0.5) is 5.69 Å². The van der Waals surface area contributed by atoms with Crippen LogP contribution in [0.5, 0.6) is 5.75 Å². The van der Waals surface area contributed by atoms with Crippen molar-refractivity contribution in [3.8, 4) is 5.75 Å². The molecule has 2 aromatic rings. The minimum atomic E-state index is -3.89. The Kier molecular flexibility index (Phi) is 4.67. The fraction of sp³-hybridized carbons (Fsp3) is 0.278. The summed E-state index contributed by atoms with van der Waals surface area (Å²) in [5.74, 6) is 0.0282. The number of sulfonamides is 1. The van der Waals surface area contributed by atoms with E-state index >= 15 is 0 Å². The second kappa shape index (κ2) is 6.76. The molecule has 0 bridgehead atoms. The molecule has 132 valence electrons. The second-order valence-electron chi connectivity index (χ2n) is 5.98. The van der Waals surface area contributed by atoms with Crippen LogP contribution >= 0.6 is 0 Å². The van der Waals surface area contributed by atoms with Gasteiger partial charge in [0, 0.05) is 24.3 Å². The van der Waals surface area contributed by atoms with Crippen molar-refractivity contribution in [3.05, 3.63) is 53.6 Å². The van der Waals surface area contributed by atoms with Crippen LogP contribution in [-0.2, 0) is 10.0 Å². The molecule has 1 N–H and O–H groups in total. The molecule has 2 aromatic carbocycles. The molecule has 7 heteroatoms. The lowest BCUT2D eigenvalue weighted by molar-refractivity contribution is 0.0651. The molecule has 0 aliphatic carbocycles. The lowest BCUT2D eigenvalue weighted by Gasteiger charge is -2.31. The monoisotopic (exact) mass is 360 g/mol. The summed E-state index contributed by atoms with van der Waals surface area (Å²) in [6.45, 7) is 3.33. The fourth-order valence-electron chi connectivity index (χ4n) is 2.55. The van der Waals surface area contributed by atoms with Crippen LogP contribution in [0.2, 0.25) is 0 Å². The molecule has 1 fully saturated rings. The fourth-order valence-corrected chi connectivity index (χ4v) is 3.81. The van der Waals surface area contributed by atoms with Crippen molar-refractivity contribution in [2.75, 3.05) is 24.9 Å². The molecule has 0 radical (unpaired) electrons. The number of nitrogens with zero attached hydrogens (tertiary/aromatic N) is 1. The van der Waals surface area contributed by atoms with Gasteiger partial charge in [-0.25, -0.2) is 8.42 Å². The molecule has 0 unspecified atom stereocenters. The first-order valence-corrected chi connectivity index (χ1v) is 9.46. The molecular weight excluding hydrogens is 340 g/mol. The summed E-state index contributed by atoms with van der Waals surface area (Å²) >= 11 is 0. The van der Waals surface area contributed by atoms with E-state index in [0.717, 1.165) is 12.0 Å². The highest BCUT2D eigenvalue weighted by Gasteiger charge is 2.26. The molecule has 0 aromatic heterocycles. The first kappa shape index (κ1) is 17.3. The van der Waals surface area contributed by atoms with Crippen LogP contribution in [0, 0.1) is 6.92 Å². The molecule has 0 saturated carbocycles. The van der Waals surface area contributed by atoms with Crippen molar-refractivity contribution in [1.29, 1.82) is 0 Å². The average Bonchev–Trinajstić information content (AvgIpc) is 2.54.